The number of hydrogen-bond donors (Lipinski definition) is 1. The van der Waals surface area contributed by atoms with Gasteiger partial charge in [0.25, 0.3) is 5.91 Å². The normalized spacial score (nSPS) is 19.4. The van der Waals surface area contributed by atoms with Crippen LogP contribution in [0.15, 0.2) is 24.3 Å². The molecule has 1 aromatic rings. The first kappa shape index (κ1) is 11.1. The van der Waals surface area contributed by atoms with Crippen molar-refractivity contribution in [1.29, 1.82) is 0 Å². The summed E-state index contributed by atoms with van der Waals surface area (Å²) in [6.45, 7) is 1.33. The van der Waals surface area contributed by atoms with Crippen molar-refractivity contribution in [3.05, 3.63) is 35.6 Å². The van der Waals surface area contributed by atoms with E-state index in [-0.39, 0.29) is 17.8 Å². The van der Waals surface area contributed by atoms with Crippen molar-refractivity contribution < 1.29 is 9.18 Å². The number of amides is 1. The summed E-state index contributed by atoms with van der Waals surface area (Å²) in [5.74, 6) is -0.467. The maximum Gasteiger partial charge on any atom is 0.254 e. The Bertz CT molecular complexity index is 394. The van der Waals surface area contributed by atoms with E-state index in [0.29, 0.717) is 12.1 Å². The van der Waals surface area contributed by atoms with E-state index in [4.69, 9.17) is 5.73 Å². The van der Waals surface area contributed by atoms with Crippen LogP contribution in [-0.2, 0) is 0 Å². The number of halogens is 1. The van der Waals surface area contributed by atoms with Crippen LogP contribution in [0.2, 0.25) is 0 Å². The fraction of sp³-hybridized carbons (Fsp3) is 0.417. The van der Waals surface area contributed by atoms with Crippen molar-refractivity contribution in [1.82, 2.24) is 4.90 Å². The second-order valence-electron chi connectivity index (χ2n) is 4.03. The van der Waals surface area contributed by atoms with Crippen LogP contribution in [0.4, 0.5) is 4.39 Å². The van der Waals surface area contributed by atoms with Crippen molar-refractivity contribution in [3.63, 3.8) is 0 Å². The van der Waals surface area contributed by atoms with Gasteiger partial charge in [0, 0.05) is 18.2 Å². The van der Waals surface area contributed by atoms with Gasteiger partial charge in [0.1, 0.15) is 5.82 Å². The topological polar surface area (TPSA) is 46.3 Å². The molecule has 1 aromatic carbocycles. The molecule has 0 bridgehead atoms. The molecule has 0 saturated carbocycles. The van der Waals surface area contributed by atoms with E-state index in [2.05, 4.69) is 0 Å². The minimum atomic E-state index is -0.373. The van der Waals surface area contributed by atoms with Crippen LogP contribution >= 0.6 is 0 Å². The first-order valence-corrected chi connectivity index (χ1v) is 5.49. The van der Waals surface area contributed by atoms with Crippen molar-refractivity contribution in [2.75, 3.05) is 13.1 Å². The predicted molar refractivity (Wildman–Crippen MR) is 59.5 cm³/mol. The minimum absolute atomic E-state index is 0.0933. The number of likely N-dealkylation sites (tertiary alicyclic amines) is 1. The van der Waals surface area contributed by atoms with Gasteiger partial charge in [-0.25, -0.2) is 4.39 Å². The van der Waals surface area contributed by atoms with Crippen LogP contribution in [0.5, 0.6) is 0 Å². The Balaban J connectivity index is 2.08. The highest BCUT2D eigenvalue weighted by molar-refractivity contribution is 5.94. The molecule has 0 spiro atoms. The number of rotatable bonds is 3. The highest BCUT2D eigenvalue weighted by Gasteiger charge is 2.31. The molecule has 1 saturated heterocycles. The molecular weight excluding hydrogens is 207 g/mol. The Morgan fingerprint density at radius 1 is 1.56 bits per heavy atom. The third kappa shape index (κ3) is 2.07. The van der Waals surface area contributed by atoms with Crippen LogP contribution in [-0.4, -0.2) is 29.9 Å². The molecule has 1 amide bonds. The molecule has 16 heavy (non-hydrogen) atoms. The molecule has 1 fully saturated rings. The number of nitrogens with two attached hydrogens (primary N) is 1. The first-order chi connectivity index (χ1) is 7.72. The van der Waals surface area contributed by atoms with Gasteiger partial charge in [-0.2, -0.15) is 0 Å². The average molecular weight is 222 g/mol. The second-order valence-corrected chi connectivity index (χ2v) is 4.03. The van der Waals surface area contributed by atoms with E-state index in [0.717, 1.165) is 19.4 Å². The quantitative estimate of drug-likeness (QED) is 0.840. The highest BCUT2D eigenvalue weighted by Crippen LogP contribution is 2.22. The Kier molecular flexibility index (Phi) is 3.19. The SMILES string of the molecule is NCCC1CCN1C(=O)c1cccc(F)c1. The highest BCUT2D eigenvalue weighted by atomic mass is 19.1. The smallest absolute Gasteiger partial charge is 0.254 e. The third-order valence-corrected chi connectivity index (χ3v) is 2.98. The lowest BCUT2D eigenvalue weighted by atomic mass is 9.98. The molecule has 86 valence electrons. The number of nitrogens with zero attached hydrogens (tertiary/aromatic N) is 1. The zero-order valence-corrected chi connectivity index (χ0v) is 9.03. The van der Waals surface area contributed by atoms with Crippen LogP contribution in [0.25, 0.3) is 0 Å². The maximum atomic E-state index is 13.0. The van der Waals surface area contributed by atoms with Gasteiger partial charge in [-0.15, -0.1) is 0 Å². The van der Waals surface area contributed by atoms with Gasteiger partial charge in [0.15, 0.2) is 0 Å². The number of benzene rings is 1. The summed E-state index contributed by atoms with van der Waals surface area (Å²) in [5.41, 5.74) is 5.88. The van der Waals surface area contributed by atoms with E-state index < -0.39 is 0 Å². The Hall–Kier alpha value is -1.42. The Morgan fingerprint density at radius 2 is 2.38 bits per heavy atom. The standard InChI is InChI=1S/C12H15FN2O/c13-10-3-1-2-9(8-10)12(16)15-7-5-11(15)4-6-14/h1-3,8,11H,4-7,14H2. The lowest BCUT2D eigenvalue weighted by molar-refractivity contribution is 0.0450. The molecule has 1 heterocycles. The summed E-state index contributed by atoms with van der Waals surface area (Å²) in [7, 11) is 0. The summed E-state index contributed by atoms with van der Waals surface area (Å²) < 4.78 is 13.0. The van der Waals surface area contributed by atoms with Crippen LogP contribution < -0.4 is 5.73 Å². The first-order valence-electron chi connectivity index (χ1n) is 5.49. The van der Waals surface area contributed by atoms with Crippen molar-refractivity contribution in [2.45, 2.75) is 18.9 Å². The van der Waals surface area contributed by atoms with Gasteiger partial charge in [-0.05, 0) is 37.6 Å². The predicted octanol–water partition coefficient (Wildman–Crippen LogP) is 1.39. The summed E-state index contributed by atoms with van der Waals surface area (Å²) in [5, 5.41) is 0. The molecule has 2 N–H and O–H groups in total. The van der Waals surface area contributed by atoms with Crippen LogP contribution in [0.1, 0.15) is 23.2 Å². The molecule has 3 nitrogen and oxygen atoms in total. The molecule has 1 aliphatic heterocycles. The number of hydrogen-bond acceptors (Lipinski definition) is 2. The molecule has 0 radical (unpaired) electrons. The van der Waals surface area contributed by atoms with Gasteiger partial charge < -0.3 is 10.6 Å². The zero-order valence-electron chi connectivity index (χ0n) is 9.03. The summed E-state index contributed by atoms with van der Waals surface area (Å²) in [6, 6.07) is 6.05. The van der Waals surface area contributed by atoms with E-state index in [9.17, 15) is 9.18 Å². The molecule has 1 aliphatic rings. The van der Waals surface area contributed by atoms with Gasteiger partial charge in [-0.3, -0.25) is 4.79 Å². The van der Waals surface area contributed by atoms with Gasteiger partial charge >= 0.3 is 0 Å². The molecule has 2 rings (SSSR count). The van der Waals surface area contributed by atoms with Crippen LogP contribution in [0, 0.1) is 5.82 Å². The lowest BCUT2D eigenvalue weighted by Crippen LogP contribution is -2.51. The number of carbonyl (C=O) groups is 1. The molecule has 4 heteroatoms. The summed E-state index contributed by atoms with van der Waals surface area (Å²) >= 11 is 0. The summed E-state index contributed by atoms with van der Waals surface area (Å²) in [4.78, 5) is 13.7. The maximum absolute atomic E-state index is 13.0. The average Bonchev–Trinajstić information content (AvgIpc) is 2.24. The monoisotopic (exact) mass is 222 g/mol. The largest absolute Gasteiger partial charge is 0.335 e. The van der Waals surface area contributed by atoms with Gasteiger partial charge in [0.05, 0.1) is 0 Å². The van der Waals surface area contributed by atoms with E-state index in [1.165, 1.54) is 12.1 Å². The van der Waals surface area contributed by atoms with E-state index >= 15 is 0 Å². The van der Waals surface area contributed by atoms with Crippen molar-refractivity contribution >= 4 is 5.91 Å². The summed E-state index contributed by atoms with van der Waals surface area (Å²) in [6.07, 6.45) is 1.82. The molecular formula is C12H15FN2O. The minimum Gasteiger partial charge on any atom is -0.335 e. The molecule has 0 aliphatic carbocycles. The van der Waals surface area contributed by atoms with E-state index in [1.54, 1.807) is 17.0 Å². The molecule has 1 atom stereocenters. The fourth-order valence-corrected chi connectivity index (χ4v) is 1.99. The lowest BCUT2D eigenvalue weighted by Gasteiger charge is -2.41. The number of carbonyl (C=O) groups excluding carboxylic acids is 1. The van der Waals surface area contributed by atoms with Gasteiger partial charge in [-0.1, -0.05) is 6.07 Å². The molecule has 1 unspecified atom stereocenters. The van der Waals surface area contributed by atoms with Gasteiger partial charge in [0.2, 0.25) is 0 Å². The second kappa shape index (κ2) is 4.61. The van der Waals surface area contributed by atoms with Crippen molar-refractivity contribution in [2.24, 2.45) is 5.73 Å². The van der Waals surface area contributed by atoms with Crippen molar-refractivity contribution in [3.8, 4) is 0 Å². The van der Waals surface area contributed by atoms with E-state index in [1.807, 2.05) is 0 Å². The Morgan fingerprint density at radius 3 is 2.94 bits per heavy atom. The Labute approximate surface area is 94.0 Å². The third-order valence-electron chi connectivity index (χ3n) is 2.98. The zero-order chi connectivity index (χ0) is 11.5. The fourth-order valence-electron chi connectivity index (χ4n) is 1.99. The van der Waals surface area contributed by atoms with Crippen LogP contribution in [0.3, 0.4) is 0 Å². The molecule has 0 aromatic heterocycles.